The van der Waals surface area contributed by atoms with Gasteiger partial charge in [-0.05, 0) is 12.1 Å². The Morgan fingerprint density at radius 2 is 1.96 bits per heavy atom. The predicted molar refractivity (Wildman–Crippen MR) is 78.9 cm³/mol. The van der Waals surface area contributed by atoms with E-state index in [1.165, 1.54) is 11.0 Å². The third-order valence-electron chi connectivity index (χ3n) is 3.29. The highest BCUT2D eigenvalue weighted by atomic mass is 19.4. The number of H-pyrrole nitrogens is 1. The lowest BCUT2D eigenvalue weighted by molar-refractivity contribution is -0.141. The highest BCUT2D eigenvalue weighted by molar-refractivity contribution is 5.86. The van der Waals surface area contributed by atoms with Gasteiger partial charge in [-0.3, -0.25) is 5.10 Å². The Balaban J connectivity index is 1.59. The zero-order valence-electron chi connectivity index (χ0n) is 12.7. The van der Waals surface area contributed by atoms with Gasteiger partial charge in [-0.15, -0.1) is 5.10 Å². The zero-order chi connectivity index (χ0) is 17.9. The third kappa shape index (κ3) is 3.84. The molecule has 0 spiro atoms. The fourth-order valence-electron chi connectivity index (χ4n) is 2.12. The van der Waals surface area contributed by atoms with E-state index in [1.54, 1.807) is 24.3 Å². The summed E-state index contributed by atoms with van der Waals surface area (Å²) in [6, 6.07) is 8.92. The molecule has 3 aromatic rings. The molecule has 7 nitrogen and oxygen atoms in total. The summed E-state index contributed by atoms with van der Waals surface area (Å²) in [4.78, 5) is 13.2. The Hall–Kier alpha value is -3.17. The molecule has 0 saturated heterocycles. The first-order valence-electron chi connectivity index (χ1n) is 7.19. The van der Waals surface area contributed by atoms with Crippen molar-refractivity contribution in [3.8, 4) is 5.69 Å². The first kappa shape index (κ1) is 16.7. The average Bonchev–Trinajstić information content (AvgIpc) is 3.24. The number of rotatable bonds is 5. The van der Waals surface area contributed by atoms with E-state index in [1.807, 2.05) is 11.2 Å². The Morgan fingerprint density at radius 3 is 2.68 bits per heavy atom. The van der Waals surface area contributed by atoms with Crippen molar-refractivity contribution < 1.29 is 22.7 Å². The number of nitrogens with zero attached hydrogens (tertiary/aromatic N) is 4. The van der Waals surface area contributed by atoms with Gasteiger partial charge in [0, 0.05) is 12.0 Å². The van der Waals surface area contributed by atoms with Crippen molar-refractivity contribution in [2.45, 2.75) is 12.6 Å². The summed E-state index contributed by atoms with van der Waals surface area (Å²) in [5, 5.41) is 13.2. The van der Waals surface area contributed by atoms with E-state index in [-0.39, 0.29) is 24.3 Å². The van der Waals surface area contributed by atoms with Gasteiger partial charge in [-0.25, -0.2) is 4.79 Å². The number of carbonyl (C=O) groups is 1. The van der Waals surface area contributed by atoms with Crippen LogP contribution in [0.1, 0.15) is 21.7 Å². The highest BCUT2D eigenvalue weighted by Crippen LogP contribution is 2.30. The monoisotopic (exact) mass is 351 g/mol. The summed E-state index contributed by atoms with van der Waals surface area (Å²) in [5.41, 5.74) is -0.395. The maximum absolute atomic E-state index is 12.7. The zero-order valence-corrected chi connectivity index (χ0v) is 12.7. The van der Waals surface area contributed by atoms with Crippen molar-refractivity contribution >= 4 is 5.97 Å². The number of hydrogen-bond donors (Lipinski definition) is 1. The van der Waals surface area contributed by atoms with Crippen LogP contribution in [0.2, 0.25) is 0 Å². The van der Waals surface area contributed by atoms with Crippen LogP contribution in [0.4, 0.5) is 13.2 Å². The minimum absolute atomic E-state index is 0.0351. The van der Waals surface area contributed by atoms with Gasteiger partial charge in [0.25, 0.3) is 0 Å². The van der Waals surface area contributed by atoms with Crippen molar-refractivity contribution in [3.05, 3.63) is 59.7 Å². The van der Waals surface area contributed by atoms with E-state index in [0.717, 1.165) is 6.20 Å². The third-order valence-corrected chi connectivity index (χ3v) is 3.29. The van der Waals surface area contributed by atoms with Gasteiger partial charge in [0.2, 0.25) is 0 Å². The molecule has 0 aliphatic rings. The lowest BCUT2D eigenvalue weighted by Crippen LogP contribution is -2.13. The van der Waals surface area contributed by atoms with E-state index < -0.39 is 17.8 Å². The first-order chi connectivity index (χ1) is 11.9. The topological polar surface area (TPSA) is 85.7 Å². The van der Waals surface area contributed by atoms with E-state index in [2.05, 4.69) is 15.3 Å². The number of halogens is 3. The van der Waals surface area contributed by atoms with Gasteiger partial charge >= 0.3 is 12.1 Å². The van der Waals surface area contributed by atoms with Crippen LogP contribution in [-0.4, -0.2) is 37.8 Å². The number of carbonyl (C=O) groups excluding carboxylic acids is 1. The van der Waals surface area contributed by atoms with Crippen LogP contribution in [0.3, 0.4) is 0 Å². The molecule has 0 atom stereocenters. The molecule has 0 fully saturated rings. The van der Waals surface area contributed by atoms with Gasteiger partial charge in [0.15, 0.2) is 5.69 Å². The van der Waals surface area contributed by atoms with Crippen LogP contribution in [-0.2, 0) is 17.3 Å². The van der Waals surface area contributed by atoms with Crippen molar-refractivity contribution in [1.82, 2.24) is 25.2 Å². The predicted octanol–water partition coefficient (Wildman–Crippen LogP) is 2.41. The molecule has 3 rings (SSSR count). The van der Waals surface area contributed by atoms with Gasteiger partial charge in [-0.1, -0.05) is 18.2 Å². The Morgan fingerprint density at radius 1 is 1.20 bits per heavy atom. The molecule has 1 aromatic carbocycles. The minimum Gasteiger partial charge on any atom is -0.461 e. The summed E-state index contributed by atoms with van der Waals surface area (Å²) in [6.07, 6.45) is -2.37. The largest absolute Gasteiger partial charge is 0.461 e. The molecule has 10 heteroatoms. The molecule has 0 aliphatic heterocycles. The smallest absolute Gasteiger partial charge is 0.433 e. The van der Waals surface area contributed by atoms with E-state index in [9.17, 15) is 18.0 Å². The quantitative estimate of drug-likeness (QED) is 0.714. The number of ether oxygens (including phenoxy) is 1. The normalized spacial score (nSPS) is 11.5. The summed E-state index contributed by atoms with van der Waals surface area (Å²) >= 11 is 0. The maximum atomic E-state index is 12.7. The Labute approximate surface area is 139 Å². The van der Waals surface area contributed by atoms with Crippen LogP contribution in [0.15, 0.2) is 42.7 Å². The van der Waals surface area contributed by atoms with Crippen molar-refractivity contribution in [2.24, 2.45) is 0 Å². The molecule has 0 radical (unpaired) electrons. The maximum Gasteiger partial charge on any atom is 0.433 e. The molecule has 2 heterocycles. The standard InChI is InChI=1S/C15H12F3N5O2/c16-15(17,18)13-10(8-19-21-13)6-7-25-14(24)12-9-20-23(22-12)11-4-2-1-3-5-11/h1-5,8-9H,6-7H2,(H,19,21). The van der Waals surface area contributed by atoms with E-state index >= 15 is 0 Å². The van der Waals surface area contributed by atoms with Crippen LogP contribution in [0, 0.1) is 0 Å². The minimum atomic E-state index is -4.53. The number of aromatic amines is 1. The van der Waals surface area contributed by atoms with Crippen molar-refractivity contribution in [3.63, 3.8) is 0 Å². The lowest BCUT2D eigenvalue weighted by Gasteiger charge is -2.07. The fourth-order valence-corrected chi connectivity index (χ4v) is 2.12. The number of hydrogen-bond acceptors (Lipinski definition) is 5. The Kier molecular flexibility index (Phi) is 4.50. The molecule has 0 aliphatic carbocycles. The molecular formula is C15H12F3N5O2. The summed E-state index contributed by atoms with van der Waals surface area (Å²) in [7, 11) is 0. The van der Waals surface area contributed by atoms with Gasteiger partial charge in [0.05, 0.1) is 24.7 Å². The molecule has 0 saturated carbocycles. The number of nitrogens with one attached hydrogen (secondary N) is 1. The second-order valence-electron chi connectivity index (χ2n) is 5.01. The number of alkyl halides is 3. The number of esters is 1. The summed E-state index contributed by atoms with van der Waals surface area (Å²) in [6.45, 7) is -0.236. The number of aromatic nitrogens is 5. The second-order valence-corrected chi connectivity index (χ2v) is 5.01. The Bertz CT molecular complexity index is 857. The molecular weight excluding hydrogens is 339 g/mol. The fraction of sp³-hybridized carbons (Fsp3) is 0.200. The number of benzene rings is 1. The van der Waals surface area contributed by atoms with Crippen molar-refractivity contribution in [2.75, 3.05) is 6.61 Å². The molecule has 0 unspecified atom stereocenters. The van der Waals surface area contributed by atoms with Gasteiger partial charge < -0.3 is 4.74 Å². The van der Waals surface area contributed by atoms with Crippen LogP contribution < -0.4 is 0 Å². The molecule has 0 bridgehead atoms. The van der Waals surface area contributed by atoms with Gasteiger partial charge in [-0.2, -0.15) is 28.2 Å². The van der Waals surface area contributed by atoms with Crippen LogP contribution >= 0.6 is 0 Å². The van der Waals surface area contributed by atoms with Crippen LogP contribution in [0.5, 0.6) is 0 Å². The molecule has 25 heavy (non-hydrogen) atoms. The summed E-state index contributed by atoms with van der Waals surface area (Å²) in [5.74, 6) is -0.765. The van der Waals surface area contributed by atoms with E-state index in [0.29, 0.717) is 5.69 Å². The first-order valence-corrected chi connectivity index (χ1v) is 7.19. The van der Waals surface area contributed by atoms with Gasteiger partial charge in [0.1, 0.15) is 5.69 Å². The molecule has 130 valence electrons. The average molecular weight is 351 g/mol. The van der Waals surface area contributed by atoms with Crippen LogP contribution in [0.25, 0.3) is 5.69 Å². The van der Waals surface area contributed by atoms with E-state index in [4.69, 9.17) is 4.74 Å². The molecule has 0 amide bonds. The second kappa shape index (κ2) is 6.75. The highest BCUT2D eigenvalue weighted by Gasteiger charge is 2.35. The van der Waals surface area contributed by atoms with Crippen molar-refractivity contribution in [1.29, 1.82) is 0 Å². The lowest BCUT2D eigenvalue weighted by atomic mass is 10.2. The number of para-hydroxylation sites is 1. The molecule has 2 aromatic heterocycles. The SMILES string of the molecule is O=C(OCCc1cn[nH]c1C(F)(F)F)c1cnn(-c2ccccc2)n1. The molecule has 1 N–H and O–H groups in total. The summed E-state index contributed by atoms with van der Waals surface area (Å²) < 4.78 is 43.0.